The van der Waals surface area contributed by atoms with Crippen LogP contribution in [0.25, 0.3) is 0 Å². The molecule has 1 aromatic heterocycles. The number of aromatic nitrogens is 2. The van der Waals surface area contributed by atoms with Gasteiger partial charge < -0.3 is 14.6 Å². The predicted molar refractivity (Wildman–Crippen MR) is 70.9 cm³/mol. The third kappa shape index (κ3) is 2.72. The Kier molecular flexibility index (Phi) is 4.01. The third-order valence-electron chi connectivity index (χ3n) is 3.49. The van der Waals surface area contributed by atoms with Crippen molar-refractivity contribution in [2.45, 2.75) is 39.3 Å². The van der Waals surface area contributed by atoms with Crippen molar-refractivity contribution in [3.05, 3.63) is 22.7 Å². The Balaban J connectivity index is 2.05. The number of rotatable bonds is 4. The number of hydrogen-bond acceptors (Lipinski definition) is 4. The third-order valence-corrected chi connectivity index (χ3v) is 3.49. The SMILES string of the molecule is CC1OCCC1CNc1nccn(C(C)C)c1=O. The molecule has 1 N–H and O–H groups in total. The van der Waals surface area contributed by atoms with Crippen molar-refractivity contribution < 1.29 is 4.74 Å². The number of ether oxygens (including phenoxy) is 1. The zero-order valence-electron chi connectivity index (χ0n) is 11.2. The lowest BCUT2D eigenvalue weighted by atomic mass is 10.0. The van der Waals surface area contributed by atoms with E-state index in [2.05, 4.69) is 17.2 Å². The minimum atomic E-state index is -0.0564. The fourth-order valence-electron chi connectivity index (χ4n) is 2.22. The first-order chi connectivity index (χ1) is 8.59. The van der Waals surface area contributed by atoms with E-state index >= 15 is 0 Å². The standard InChI is InChI=1S/C13H21N3O2/c1-9(2)16-6-5-14-12(13(16)17)15-8-11-4-7-18-10(11)3/h5-6,9-11H,4,7-8H2,1-3H3,(H,14,15). The highest BCUT2D eigenvalue weighted by molar-refractivity contribution is 5.31. The van der Waals surface area contributed by atoms with E-state index in [0.717, 1.165) is 19.6 Å². The smallest absolute Gasteiger partial charge is 0.293 e. The molecule has 0 bridgehead atoms. The van der Waals surface area contributed by atoms with Gasteiger partial charge in [-0.2, -0.15) is 0 Å². The summed E-state index contributed by atoms with van der Waals surface area (Å²) in [7, 11) is 0. The summed E-state index contributed by atoms with van der Waals surface area (Å²) < 4.78 is 7.19. The predicted octanol–water partition coefficient (Wildman–Crippen LogP) is 1.66. The van der Waals surface area contributed by atoms with Crippen molar-refractivity contribution in [2.24, 2.45) is 5.92 Å². The summed E-state index contributed by atoms with van der Waals surface area (Å²) in [6.45, 7) is 7.60. The fourth-order valence-corrected chi connectivity index (χ4v) is 2.22. The lowest BCUT2D eigenvalue weighted by Gasteiger charge is -2.16. The average molecular weight is 251 g/mol. The number of hydrogen-bond donors (Lipinski definition) is 1. The largest absolute Gasteiger partial charge is 0.378 e. The lowest BCUT2D eigenvalue weighted by Crippen LogP contribution is -2.28. The monoisotopic (exact) mass is 251 g/mol. The molecule has 2 heterocycles. The second kappa shape index (κ2) is 5.52. The summed E-state index contributed by atoms with van der Waals surface area (Å²) in [4.78, 5) is 16.2. The fraction of sp³-hybridized carbons (Fsp3) is 0.692. The van der Waals surface area contributed by atoms with E-state index < -0.39 is 0 Å². The molecular weight excluding hydrogens is 230 g/mol. The van der Waals surface area contributed by atoms with Crippen LogP contribution in [0.3, 0.4) is 0 Å². The molecule has 0 aliphatic carbocycles. The lowest BCUT2D eigenvalue weighted by molar-refractivity contribution is 0.108. The van der Waals surface area contributed by atoms with Crippen LogP contribution in [0.5, 0.6) is 0 Å². The van der Waals surface area contributed by atoms with Gasteiger partial charge in [0.15, 0.2) is 5.82 Å². The van der Waals surface area contributed by atoms with Gasteiger partial charge in [-0.25, -0.2) is 4.98 Å². The molecular formula is C13H21N3O2. The highest BCUT2D eigenvalue weighted by atomic mass is 16.5. The van der Waals surface area contributed by atoms with Crippen LogP contribution >= 0.6 is 0 Å². The van der Waals surface area contributed by atoms with Crippen LogP contribution in [0.15, 0.2) is 17.2 Å². The van der Waals surface area contributed by atoms with Crippen LogP contribution in [0.4, 0.5) is 5.82 Å². The first-order valence-electron chi connectivity index (χ1n) is 6.52. The average Bonchev–Trinajstić information content (AvgIpc) is 2.73. The molecule has 5 heteroatoms. The minimum absolute atomic E-state index is 0.0564. The van der Waals surface area contributed by atoms with Gasteiger partial charge in [0.25, 0.3) is 5.56 Å². The van der Waals surface area contributed by atoms with Gasteiger partial charge in [0.2, 0.25) is 0 Å². The maximum absolute atomic E-state index is 12.1. The van der Waals surface area contributed by atoms with Crippen LogP contribution in [0, 0.1) is 5.92 Å². The van der Waals surface area contributed by atoms with Gasteiger partial charge in [0.05, 0.1) is 6.10 Å². The van der Waals surface area contributed by atoms with E-state index in [1.54, 1.807) is 17.0 Å². The highest BCUT2D eigenvalue weighted by Crippen LogP contribution is 2.20. The van der Waals surface area contributed by atoms with Gasteiger partial charge >= 0.3 is 0 Å². The molecule has 1 saturated heterocycles. The molecule has 1 aliphatic rings. The zero-order valence-corrected chi connectivity index (χ0v) is 11.2. The first-order valence-corrected chi connectivity index (χ1v) is 6.52. The highest BCUT2D eigenvalue weighted by Gasteiger charge is 2.24. The molecule has 0 amide bonds. The summed E-state index contributed by atoms with van der Waals surface area (Å²) in [6.07, 6.45) is 4.69. The van der Waals surface area contributed by atoms with Gasteiger partial charge in [0.1, 0.15) is 0 Å². The Bertz CT molecular complexity index is 456. The molecule has 18 heavy (non-hydrogen) atoms. The van der Waals surface area contributed by atoms with Crippen LogP contribution < -0.4 is 10.9 Å². The molecule has 5 nitrogen and oxygen atoms in total. The normalized spacial score (nSPS) is 23.6. The van der Waals surface area contributed by atoms with Gasteiger partial charge in [0, 0.05) is 37.5 Å². The van der Waals surface area contributed by atoms with Crippen molar-refractivity contribution >= 4 is 5.82 Å². The van der Waals surface area contributed by atoms with Crippen LogP contribution in [-0.2, 0) is 4.74 Å². The summed E-state index contributed by atoms with van der Waals surface area (Å²) in [5.41, 5.74) is -0.0564. The molecule has 0 aromatic carbocycles. The molecule has 1 aliphatic heterocycles. The Morgan fingerprint density at radius 1 is 1.61 bits per heavy atom. The molecule has 0 radical (unpaired) electrons. The van der Waals surface area contributed by atoms with Crippen molar-refractivity contribution in [3.63, 3.8) is 0 Å². The van der Waals surface area contributed by atoms with E-state index in [1.807, 2.05) is 13.8 Å². The van der Waals surface area contributed by atoms with Crippen molar-refractivity contribution in [1.82, 2.24) is 9.55 Å². The van der Waals surface area contributed by atoms with E-state index in [1.165, 1.54) is 0 Å². The van der Waals surface area contributed by atoms with E-state index in [4.69, 9.17) is 4.74 Å². The second-order valence-corrected chi connectivity index (χ2v) is 5.09. The van der Waals surface area contributed by atoms with Crippen LogP contribution in [0.1, 0.15) is 33.2 Å². The minimum Gasteiger partial charge on any atom is -0.378 e. The van der Waals surface area contributed by atoms with Crippen LogP contribution in [-0.4, -0.2) is 28.8 Å². The van der Waals surface area contributed by atoms with Gasteiger partial charge in [-0.1, -0.05) is 0 Å². The van der Waals surface area contributed by atoms with Crippen molar-refractivity contribution in [2.75, 3.05) is 18.5 Å². The summed E-state index contributed by atoms with van der Waals surface area (Å²) in [5.74, 6) is 0.893. The quantitative estimate of drug-likeness (QED) is 0.884. The van der Waals surface area contributed by atoms with Crippen molar-refractivity contribution in [3.8, 4) is 0 Å². The Morgan fingerprint density at radius 3 is 3.00 bits per heavy atom. The molecule has 2 unspecified atom stereocenters. The first kappa shape index (κ1) is 13.1. The second-order valence-electron chi connectivity index (χ2n) is 5.09. The molecule has 100 valence electrons. The van der Waals surface area contributed by atoms with Crippen LogP contribution in [0.2, 0.25) is 0 Å². The number of nitrogens with one attached hydrogen (secondary N) is 1. The Labute approximate surface area is 107 Å². The summed E-state index contributed by atoms with van der Waals surface area (Å²) in [5, 5.41) is 3.16. The maximum Gasteiger partial charge on any atom is 0.293 e. The van der Waals surface area contributed by atoms with Gasteiger partial charge in [-0.3, -0.25) is 4.79 Å². The molecule has 2 atom stereocenters. The molecule has 1 fully saturated rings. The molecule has 2 rings (SSSR count). The summed E-state index contributed by atoms with van der Waals surface area (Å²) >= 11 is 0. The van der Waals surface area contributed by atoms with Gasteiger partial charge in [-0.05, 0) is 27.2 Å². The molecule has 0 spiro atoms. The number of nitrogens with zero attached hydrogens (tertiary/aromatic N) is 2. The summed E-state index contributed by atoms with van der Waals surface area (Å²) in [6, 6.07) is 0.148. The van der Waals surface area contributed by atoms with E-state index in [0.29, 0.717) is 11.7 Å². The van der Waals surface area contributed by atoms with Gasteiger partial charge in [-0.15, -0.1) is 0 Å². The zero-order chi connectivity index (χ0) is 13.1. The Hall–Kier alpha value is -1.36. The Morgan fingerprint density at radius 2 is 2.39 bits per heavy atom. The number of anilines is 1. The van der Waals surface area contributed by atoms with E-state index in [-0.39, 0.29) is 17.7 Å². The molecule has 0 saturated carbocycles. The maximum atomic E-state index is 12.1. The van der Waals surface area contributed by atoms with E-state index in [9.17, 15) is 4.79 Å². The molecule has 1 aromatic rings. The van der Waals surface area contributed by atoms with Crippen molar-refractivity contribution in [1.29, 1.82) is 0 Å². The topological polar surface area (TPSA) is 56.1 Å².